The minimum atomic E-state index is -0.0938. The quantitative estimate of drug-likeness (QED) is 0.588. The summed E-state index contributed by atoms with van der Waals surface area (Å²) in [7, 11) is 0. The van der Waals surface area contributed by atoms with Crippen LogP contribution in [0.2, 0.25) is 0 Å². The van der Waals surface area contributed by atoms with Crippen molar-refractivity contribution in [2.24, 2.45) is 0 Å². The fourth-order valence-corrected chi connectivity index (χ4v) is 2.51. The van der Waals surface area contributed by atoms with Gasteiger partial charge in [0, 0.05) is 11.6 Å². The van der Waals surface area contributed by atoms with Crippen molar-refractivity contribution in [1.29, 1.82) is 0 Å². The Labute approximate surface area is 123 Å². The Kier molecular flexibility index (Phi) is 3.75. The van der Waals surface area contributed by atoms with Gasteiger partial charge in [-0.15, -0.1) is 0 Å². The Balaban J connectivity index is 1.99. The van der Waals surface area contributed by atoms with Gasteiger partial charge in [0.15, 0.2) is 6.20 Å². The Morgan fingerprint density at radius 2 is 1.67 bits per heavy atom. The van der Waals surface area contributed by atoms with Crippen LogP contribution in [0.4, 0.5) is 0 Å². The second kappa shape index (κ2) is 5.85. The number of aliphatic hydroxyl groups is 1. The van der Waals surface area contributed by atoms with Crippen molar-refractivity contribution in [2.75, 3.05) is 0 Å². The lowest BCUT2D eigenvalue weighted by molar-refractivity contribution is -0.691. The molecular formula is C18H16NO2+. The Morgan fingerprint density at radius 3 is 2.43 bits per heavy atom. The summed E-state index contributed by atoms with van der Waals surface area (Å²) in [4.78, 5) is 12.3. The van der Waals surface area contributed by atoms with Gasteiger partial charge < -0.3 is 5.11 Å². The minimum Gasteiger partial charge on any atom is -0.385 e. The zero-order valence-electron chi connectivity index (χ0n) is 11.6. The Bertz CT molecular complexity index is 782. The molecule has 3 aromatic rings. The highest BCUT2D eigenvalue weighted by Gasteiger charge is 2.18. The standard InChI is InChI=1S/C18H16NO2/c20-13-17-16-9-5-4-6-14(16)10-11-19(17)12-18(21)15-7-2-1-3-8-15/h1-11,20H,12-13H2/q+1. The molecular weight excluding hydrogens is 262 g/mol. The molecule has 2 aromatic carbocycles. The first-order chi connectivity index (χ1) is 10.3. The molecule has 3 nitrogen and oxygen atoms in total. The predicted molar refractivity (Wildman–Crippen MR) is 80.8 cm³/mol. The van der Waals surface area contributed by atoms with E-state index < -0.39 is 0 Å². The van der Waals surface area contributed by atoms with Gasteiger partial charge in [0.05, 0.1) is 5.39 Å². The number of aliphatic hydroxyl groups excluding tert-OH is 1. The maximum absolute atomic E-state index is 12.3. The van der Waals surface area contributed by atoms with E-state index in [0.29, 0.717) is 5.56 Å². The highest BCUT2D eigenvalue weighted by molar-refractivity contribution is 5.95. The SMILES string of the molecule is O=C(C[n+]1ccc2ccccc2c1CO)c1ccccc1. The fourth-order valence-electron chi connectivity index (χ4n) is 2.51. The van der Waals surface area contributed by atoms with Gasteiger partial charge in [0.1, 0.15) is 6.61 Å². The van der Waals surface area contributed by atoms with Crippen LogP contribution in [0.1, 0.15) is 16.1 Å². The number of aromatic nitrogens is 1. The third kappa shape index (κ3) is 2.69. The smallest absolute Gasteiger partial charge is 0.227 e. The third-order valence-corrected chi connectivity index (χ3v) is 3.61. The van der Waals surface area contributed by atoms with Crippen LogP contribution >= 0.6 is 0 Å². The van der Waals surface area contributed by atoms with E-state index >= 15 is 0 Å². The van der Waals surface area contributed by atoms with E-state index in [0.717, 1.165) is 16.5 Å². The summed E-state index contributed by atoms with van der Waals surface area (Å²) in [6.45, 7) is 0.133. The molecule has 0 spiro atoms. The van der Waals surface area contributed by atoms with Gasteiger partial charge in [-0.25, -0.2) is 0 Å². The largest absolute Gasteiger partial charge is 0.385 e. The second-order valence-electron chi connectivity index (χ2n) is 4.92. The number of carbonyl (C=O) groups is 1. The molecule has 0 saturated carbocycles. The molecule has 0 saturated heterocycles. The number of ketones is 1. The molecule has 21 heavy (non-hydrogen) atoms. The van der Waals surface area contributed by atoms with Crippen LogP contribution in [0.5, 0.6) is 0 Å². The lowest BCUT2D eigenvalue weighted by Crippen LogP contribution is -2.41. The van der Waals surface area contributed by atoms with Crippen molar-refractivity contribution in [3.8, 4) is 0 Å². The van der Waals surface area contributed by atoms with E-state index in [9.17, 15) is 9.90 Å². The predicted octanol–water partition coefficient (Wildman–Crippen LogP) is 2.50. The molecule has 104 valence electrons. The summed E-state index contributed by atoms with van der Waals surface area (Å²) in [6, 6.07) is 19.0. The van der Waals surface area contributed by atoms with Crippen LogP contribution in [0, 0.1) is 0 Å². The Hall–Kier alpha value is -2.52. The van der Waals surface area contributed by atoms with Crippen molar-refractivity contribution in [1.82, 2.24) is 0 Å². The van der Waals surface area contributed by atoms with Gasteiger partial charge in [0.2, 0.25) is 18.0 Å². The lowest BCUT2D eigenvalue weighted by Gasteiger charge is -2.05. The first-order valence-electron chi connectivity index (χ1n) is 6.89. The van der Waals surface area contributed by atoms with E-state index in [-0.39, 0.29) is 18.9 Å². The van der Waals surface area contributed by atoms with E-state index in [2.05, 4.69) is 0 Å². The number of pyridine rings is 1. The van der Waals surface area contributed by atoms with Gasteiger partial charge in [0.25, 0.3) is 0 Å². The molecule has 0 radical (unpaired) electrons. The zero-order valence-corrected chi connectivity index (χ0v) is 11.6. The molecule has 1 aromatic heterocycles. The second-order valence-corrected chi connectivity index (χ2v) is 4.92. The molecule has 0 atom stereocenters. The highest BCUT2D eigenvalue weighted by atomic mass is 16.3. The van der Waals surface area contributed by atoms with E-state index in [1.807, 2.05) is 71.4 Å². The zero-order chi connectivity index (χ0) is 14.7. The summed E-state index contributed by atoms with van der Waals surface area (Å²) in [6.07, 6.45) is 1.86. The van der Waals surface area contributed by atoms with E-state index in [4.69, 9.17) is 0 Å². The number of hydrogen-bond acceptors (Lipinski definition) is 2. The number of Topliss-reactive ketones (excluding diaryl/α,β-unsaturated/α-hetero) is 1. The molecule has 3 heteroatoms. The van der Waals surface area contributed by atoms with Crippen LogP contribution in [0.25, 0.3) is 10.8 Å². The van der Waals surface area contributed by atoms with Gasteiger partial charge in [-0.05, 0) is 11.5 Å². The number of fused-ring (bicyclic) bond motifs is 1. The van der Waals surface area contributed by atoms with Crippen LogP contribution < -0.4 is 4.57 Å². The number of rotatable bonds is 4. The van der Waals surface area contributed by atoms with Gasteiger partial charge in [-0.1, -0.05) is 48.5 Å². The molecule has 0 bridgehead atoms. The molecule has 3 rings (SSSR count). The van der Waals surface area contributed by atoms with Crippen molar-refractivity contribution >= 4 is 16.6 Å². The van der Waals surface area contributed by atoms with Crippen LogP contribution in [-0.4, -0.2) is 10.9 Å². The molecule has 0 aliphatic carbocycles. The summed E-state index contributed by atoms with van der Waals surface area (Å²) in [5, 5.41) is 11.7. The van der Waals surface area contributed by atoms with Crippen LogP contribution in [-0.2, 0) is 13.2 Å². The monoisotopic (exact) mass is 278 g/mol. The molecule has 0 amide bonds. The normalized spacial score (nSPS) is 10.7. The summed E-state index contributed by atoms with van der Waals surface area (Å²) in [5.41, 5.74) is 1.44. The summed E-state index contributed by atoms with van der Waals surface area (Å²) < 4.78 is 1.82. The molecule has 0 aliphatic heterocycles. The Morgan fingerprint density at radius 1 is 0.952 bits per heavy atom. The molecule has 1 heterocycles. The number of benzene rings is 2. The van der Waals surface area contributed by atoms with Crippen LogP contribution in [0.15, 0.2) is 66.9 Å². The molecule has 1 N–H and O–H groups in total. The van der Waals surface area contributed by atoms with Gasteiger partial charge in [-0.2, -0.15) is 4.57 Å². The van der Waals surface area contributed by atoms with Crippen LogP contribution in [0.3, 0.4) is 0 Å². The van der Waals surface area contributed by atoms with E-state index in [1.54, 1.807) is 0 Å². The number of carbonyl (C=O) groups excluding carboxylic acids is 1. The first-order valence-corrected chi connectivity index (χ1v) is 6.89. The fraction of sp³-hybridized carbons (Fsp3) is 0.111. The minimum absolute atomic E-state index is 0.0329. The average Bonchev–Trinajstić information content (AvgIpc) is 2.55. The average molecular weight is 278 g/mol. The summed E-state index contributed by atoms with van der Waals surface area (Å²) in [5.74, 6) is 0.0329. The maximum Gasteiger partial charge on any atom is 0.227 e. The van der Waals surface area contributed by atoms with Crippen molar-refractivity contribution in [3.05, 3.63) is 78.1 Å². The van der Waals surface area contributed by atoms with Crippen molar-refractivity contribution in [3.63, 3.8) is 0 Å². The van der Waals surface area contributed by atoms with Crippen molar-refractivity contribution in [2.45, 2.75) is 13.2 Å². The maximum atomic E-state index is 12.3. The van der Waals surface area contributed by atoms with Gasteiger partial charge in [-0.3, -0.25) is 4.79 Å². The first kappa shape index (κ1) is 13.5. The third-order valence-electron chi connectivity index (χ3n) is 3.61. The number of nitrogens with zero attached hydrogens (tertiary/aromatic N) is 1. The van der Waals surface area contributed by atoms with Crippen molar-refractivity contribution < 1.29 is 14.5 Å². The van der Waals surface area contributed by atoms with E-state index in [1.165, 1.54) is 0 Å². The molecule has 0 unspecified atom stereocenters. The lowest BCUT2D eigenvalue weighted by atomic mass is 10.1. The molecule has 0 fully saturated rings. The highest BCUT2D eigenvalue weighted by Crippen LogP contribution is 2.15. The topological polar surface area (TPSA) is 41.2 Å². The van der Waals surface area contributed by atoms with Gasteiger partial charge >= 0.3 is 0 Å². The summed E-state index contributed by atoms with van der Waals surface area (Å²) >= 11 is 0. The number of hydrogen-bond donors (Lipinski definition) is 1. The molecule has 0 aliphatic rings.